The van der Waals surface area contributed by atoms with Gasteiger partial charge in [0, 0.05) is 11.8 Å². The summed E-state index contributed by atoms with van der Waals surface area (Å²) >= 11 is 0. The highest BCUT2D eigenvalue weighted by Gasteiger charge is 2.00. The van der Waals surface area contributed by atoms with Gasteiger partial charge in [0.2, 0.25) is 0 Å². The van der Waals surface area contributed by atoms with Crippen molar-refractivity contribution in [2.24, 2.45) is 5.92 Å². The van der Waals surface area contributed by atoms with Crippen LogP contribution < -0.4 is 0 Å². The zero-order valence-corrected chi connectivity index (χ0v) is 7.76. The van der Waals surface area contributed by atoms with Crippen LogP contribution in [0.4, 0.5) is 0 Å². The van der Waals surface area contributed by atoms with Crippen molar-refractivity contribution in [1.29, 1.82) is 0 Å². The second kappa shape index (κ2) is 6.72. The molecule has 2 heteroatoms. The summed E-state index contributed by atoms with van der Waals surface area (Å²) < 4.78 is 0. The van der Waals surface area contributed by atoms with Gasteiger partial charge in [-0.2, -0.15) is 0 Å². The van der Waals surface area contributed by atoms with E-state index in [1.54, 1.807) is 0 Å². The first-order chi connectivity index (χ1) is 5.70. The Labute approximate surface area is 74.0 Å². The number of carboxylic acids is 1. The number of aliphatic carboxylic acids is 1. The maximum atomic E-state index is 10.1. The van der Waals surface area contributed by atoms with Crippen molar-refractivity contribution in [2.45, 2.75) is 39.5 Å². The average Bonchev–Trinajstić information content (AvgIpc) is 2.05. The minimum absolute atomic E-state index is 0.265. The lowest BCUT2D eigenvalue weighted by Crippen LogP contribution is -1.96. The summed E-state index contributed by atoms with van der Waals surface area (Å²) in [5.41, 5.74) is 0. The van der Waals surface area contributed by atoms with E-state index in [0.717, 1.165) is 25.7 Å². The lowest BCUT2D eigenvalue weighted by atomic mass is 10.0. The van der Waals surface area contributed by atoms with Gasteiger partial charge in [-0.05, 0) is 12.8 Å². The van der Waals surface area contributed by atoms with E-state index in [1.807, 2.05) is 6.92 Å². The van der Waals surface area contributed by atoms with Crippen LogP contribution in [0, 0.1) is 17.8 Å². The molecule has 0 heterocycles. The van der Waals surface area contributed by atoms with Gasteiger partial charge in [-0.3, -0.25) is 0 Å². The van der Waals surface area contributed by atoms with E-state index in [1.165, 1.54) is 0 Å². The van der Waals surface area contributed by atoms with Gasteiger partial charge in [0.25, 0.3) is 0 Å². The van der Waals surface area contributed by atoms with Gasteiger partial charge in [-0.1, -0.05) is 32.6 Å². The molecule has 0 aliphatic carbocycles. The summed E-state index contributed by atoms with van der Waals surface area (Å²) in [5.74, 6) is 4.17. The maximum Gasteiger partial charge on any atom is 0.381 e. The zero-order valence-electron chi connectivity index (χ0n) is 7.76. The molecule has 1 atom stereocenters. The largest absolute Gasteiger partial charge is 0.472 e. The van der Waals surface area contributed by atoms with Crippen LogP contribution in [0.5, 0.6) is 0 Å². The van der Waals surface area contributed by atoms with E-state index in [2.05, 4.69) is 18.8 Å². The Morgan fingerprint density at radius 2 is 2.17 bits per heavy atom. The molecule has 0 amide bonds. The Kier molecular flexibility index (Phi) is 6.18. The van der Waals surface area contributed by atoms with Gasteiger partial charge in [-0.25, -0.2) is 4.79 Å². The number of rotatable bonds is 4. The van der Waals surface area contributed by atoms with E-state index >= 15 is 0 Å². The van der Waals surface area contributed by atoms with Crippen molar-refractivity contribution >= 4 is 5.97 Å². The van der Waals surface area contributed by atoms with E-state index in [9.17, 15) is 4.79 Å². The molecular weight excluding hydrogens is 152 g/mol. The van der Waals surface area contributed by atoms with Crippen molar-refractivity contribution in [3.05, 3.63) is 0 Å². The Morgan fingerprint density at radius 3 is 2.58 bits per heavy atom. The smallest absolute Gasteiger partial charge is 0.381 e. The predicted octanol–water partition coefficient (Wildman–Crippen LogP) is 2.29. The van der Waals surface area contributed by atoms with Crippen LogP contribution in [-0.2, 0) is 4.79 Å². The molecule has 68 valence electrons. The molecule has 0 fully saturated rings. The fourth-order valence-electron chi connectivity index (χ4n) is 0.993. The maximum absolute atomic E-state index is 10.1. The van der Waals surface area contributed by atoms with Crippen LogP contribution in [0.15, 0.2) is 0 Å². The summed E-state index contributed by atoms with van der Waals surface area (Å²) in [7, 11) is 0. The molecule has 0 rings (SSSR count). The lowest BCUT2D eigenvalue weighted by molar-refractivity contribution is -0.130. The van der Waals surface area contributed by atoms with Crippen molar-refractivity contribution in [3.63, 3.8) is 0 Å². The lowest BCUT2D eigenvalue weighted by Gasteiger charge is -2.04. The molecular formula is C10H16O2. The second-order valence-electron chi connectivity index (χ2n) is 2.82. The molecule has 0 saturated heterocycles. The molecule has 0 aromatic rings. The van der Waals surface area contributed by atoms with Gasteiger partial charge >= 0.3 is 5.97 Å². The third kappa shape index (κ3) is 5.79. The van der Waals surface area contributed by atoms with Crippen LogP contribution in [-0.4, -0.2) is 11.1 Å². The Balaban J connectivity index is 3.84. The third-order valence-electron chi connectivity index (χ3n) is 1.78. The Morgan fingerprint density at radius 1 is 1.50 bits per heavy atom. The van der Waals surface area contributed by atoms with Crippen molar-refractivity contribution in [2.75, 3.05) is 0 Å². The summed E-state index contributed by atoms with van der Waals surface area (Å²) in [6.07, 6.45) is 4.24. The molecule has 12 heavy (non-hydrogen) atoms. The van der Waals surface area contributed by atoms with Crippen molar-refractivity contribution < 1.29 is 9.90 Å². The first-order valence-electron chi connectivity index (χ1n) is 4.45. The number of hydrogen-bond donors (Lipinski definition) is 1. The van der Waals surface area contributed by atoms with Crippen LogP contribution in [0.25, 0.3) is 0 Å². The summed E-state index contributed by atoms with van der Waals surface area (Å²) in [6.45, 7) is 4.16. The molecule has 0 aromatic carbocycles. The molecule has 1 unspecified atom stereocenters. The zero-order chi connectivity index (χ0) is 9.40. The molecule has 0 spiro atoms. The first-order valence-corrected chi connectivity index (χ1v) is 4.45. The SMILES string of the molecule is CCCCC(C#CC(=O)O)CC. The highest BCUT2D eigenvalue weighted by molar-refractivity contribution is 5.86. The number of carbonyl (C=O) groups is 1. The highest BCUT2D eigenvalue weighted by atomic mass is 16.4. The number of hydrogen-bond acceptors (Lipinski definition) is 1. The summed E-state index contributed by atoms with van der Waals surface area (Å²) in [4.78, 5) is 10.1. The number of unbranched alkanes of at least 4 members (excludes halogenated alkanes) is 1. The molecule has 0 aliphatic heterocycles. The van der Waals surface area contributed by atoms with Crippen LogP contribution >= 0.6 is 0 Å². The number of carboxylic acid groups (broad SMARTS) is 1. The Hall–Kier alpha value is -0.970. The fraction of sp³-hybridized carbons (Fsp3) is 0.700. The molecule has 0 bridgehead atoms. The predicted molar refractivity (Wildman–Crippen MR) is 48.7 cm³/mol. The van der Waals surface area contributed by atoms with Crippen molar-refractivity contribution in [3.8, 4) is 11.8 Å². The van der Waals surface area contributed by atoms with Crippen molar-refractivity contribution in [1.82, 2.24) is 0 Å². The first kappa shape index (κ1) is 11.0. The van der Waals surface area contributed by atoms with Gasteiger partial charge in [-0.15, -0.1) is 0 Å². The van der Waals surface area contributed by atoms with Gasteiger partial charge in [0.05, 0.1) is 0 Å². The quantitative estimate of drug-likeness (QED) is 0.654. The molecule has 0 saturated carbocycles. The van der Waals surface area contributed by atoms with Gasteiger partial charge in [0.15, 0.2) is 0 Å². The minimum atomic E-state index is -1.02. The second-order valence-corrected chi connectivity index (χ2v) is 2.82. The molecule has 2 nitrogen and oxygen atoms in total. The Bertz CT molecular complexity index is 186. The fourth-order valence-corrected chi connectivity index (χ4v) is 0.993. The normalized spacial score (nSPS) is 11.5. The highest BCUT2D eigenvalue weighted by Crippen LogP contribution is 2.10. The molecule has 0 aliphatic rings. The van der Waals surface area contributed by atoms with Crippen LogP contribution in [0.1, 0.15) is 39.5 Å². The van der Waals surface area contributed by atoms with Gasteiger partial charge in [0.1, 0.15) is 0 Å². The average molecular weight is 168 g/mol. The van der Waals surface area contributed by atoms with Crippen LogP contribution in [0.3, 0.4) is 0 Å². The molecule has 1 N–H and O–H groups in total. The van der Waals surface area contributed by atoms with E-state index in [0.29, 0.717) is 0 Å². The van der Waals surface area contributed by atoms with E-state index in [-0.39, 0.29) is 5.92 Å². The monoisotopic (exact) mass is 168 g/mol. The van der Waals surface area contributed by atoms with Gasteiger partial charge < -0.3 is 5.11 Å². The third-order valence-corrected chi connectivity index (χ3v) is 1.78. The minimum Gasteiger partial charge on any atom is -0.472 e. The topological polar surface area (TPSA) is 37.3 Å². The van der Waals surface area contributed by atoms with Crippen LogP contribution in [0.2, 0.25) is 0 Å². The standard InChI is InChI=1S/C10H16O2/c1-3-5-6-9(4-2)7-8-10(11)12/h9H,3-6H2,1-2H3,(H,11,12). The molecule has 0 radical (unpaired) electrons. The van der Waals surface area contributed by atoms with E-state index < -0.39 is 5.97 Å². The summed E-state index contributed by atoms with van der Waals surface area (Å²) in [6, 6.07) is 0. The van der Waals surface area contributed by atoms with E-state index in [4.69, 9.17) is 5.11 Å². The summed E-state index contributed by atoms with van der Waals surface area (Å²) in [5, 5.41) is 8.31. The molecule has 0 aromatic heterocycles.